The first-order valence-corrected chi connectivity index (χ1v) is 10.4. The van der Waals surface area contributed by atoms with Crippen LogP contribution in [0.1, 0.15) is 23.2 Å². The van der Waals surface area contributed by atoms with Crippen molar-refractivity contribution in [2.75, 3.05) is 30.4 Å². The molecule has 2 heterocycles. The van der Waals surface area contributed by atoms with E-state index < -0.39 is 10.8 Å². The van der Waals surface area contributed by atoms with Crippen LogP contribution in [-0.4, -0.2) is 36.0 Å². The Morgan fingerprint density at radius 2 is 1.93 bits per heavy atom. The van der Waals surface area contributed by atoms with Crippen molar-refractivity contribution in [3.05, 3.63) is 63.5 Å². The first kappa shape index (κ1) is 19.8. The van der Waals surface area contributed by atoms with E-state index in [9.17, 15) is 14.9 Å². The summed E-state index contributed by atoms with van der Waals surface area (Å²) < 4.78 is 5.16. The number of rotatable bonds is 6. The topological polar surface area (TPSA) is 97.6 Å². The highest BCUT2D eigenvalue weighted by Crippen LogP contribution is 2.31. The molecule has 0 atom stereocenters. The molecule has 1 N–H and O–H groups in total. The molecule has 1 aromatic heterocycles. The van der Waals surface area contributed by atoms with E-state index in [0.29, 0.717) is 10.8 Å². The maximum absolute atomic E-state index is 13.0. The molecule has 9 heteroatoms. The highest BCUT2D eigenvalue weighted by atomic mass is 32.1. The summed E-state index contributed by atoms with van der Waals surface area (Å²) in [5.74, 6) is 0.346. The number of hydrogen-bond donors (Lipinski definition) is 1. The van der Waals surface area contributed by atoms with Gasteiger partial charge in [-0.2, -0.15) is 0 Å². The van der Waals surface area contributed by atoms with Gasteiger partial charge in [0.05, 0.1) is 29.0 Å². The number of amides is 1. The first-order valence-electron chi connectivity index (χ1n) is 9.50. The lowest BCUT2D eigenvalue weighted by atomic mass is 10.1. The van der Waals surface area contributed by atoms with E-state index in [1.165, 1.54) is 23.5 Å². The molecular formula is C21H20N4O4S. The molecule has 0 saturated carbocycles. The monoisotopic (exact) mass is 424 g/mol. The van der Waals surface area contributed by atoms with Crippen molar-refractivity contribution >= 4 is 33.8 Å². The van der Waals surface area contributed by atoms with E-state index in [4.69, 9.17) is 4.74 Å². The van der Waals surface area contributed by atoms with Gasteiger partial charge in [-0.3, -0.25) is 20.2 Å². The number of aromatic nitrogens is 1. The Labute approximate surface area is 177 Å². The number of nitrogens with one attached hydrogen (secondary N) is 1. The molecule has 1 aliphatic heterocycles. The second-order valence-electron chi connectivity index (χ2n) is 6.87. The Morgan fingerprint density at radius 1 is 1.20 bits per heavy atom. The first-order chi connectivity index (χ1) is 14.5. The second-order valence-corrected chi connectivity index (χ2v) is 7.73. The molecule has 1 saturated heterocycles. The van der Waals surface area contributed by atoms with E-state index in [2.05, 4.69) is 15.2 Å². The molecule has 0 bridgehead atoms. The van der Waals surface area contributed by atoms with Crippen LogP contribution in [-0.2, 0) is 0 Å². The smallest absolute Gasteiger partial charge is 0.270 e. The maximum Gasteiger partial charge on any atom is 0.270 e. The summed E-state index contributed by atoms with van der Waals surface area (Å²) in [6.07, 6.45) is 2.07. The highest BCUT2D eigenvalue weighted by Gasteiger charge is 2.23. The number of nitro groups is 1. The summed E-state index contributed by atoms with van der Waals surface area (Å²) >= 11 is 1.30. The number of benzene rings is 2. The molecule has 1 fully saturated rings. The molecule has 0 radical (unpaired) electrons. The van der Waals surface area contributed by atoms with Gasteiger partial charge in [-0.15, -0.1) is 11.3 Å². The molecule has 154 valence electrons. The Kier molecular flexibility index (Phi) is 5.62. The van der Waals surface area contributed by atoms with Gasteiger partial charge >= 0.3 is 0 Å². The summed E-state index contributed by atoms with van der Waals surface area (Å²) in [5.41, 5.74) is 2.52. The molecular weight excluding hydrogens is 404 g/mol. The van der Waals surface area contributed by atoms with Crippen LogP contribution in [0.2, 0.25) is 0 Å². The van der Waals surface area contributed by atoms with Crippen LogP contribution in [0.4, 0.5) is 16.5 Å². The van der Waals surface area contributed by atoms with Crippen molar-refractivity contribution in [2.45, 2.75) is 12.8 Å². The van der Waals surface area contributed by atoms with Crippen molar-refractivity contribution in [1.82, 2.24) is 4.98 Å². The third-order valence-corrected chi connectivity index (χ3v) is 5.75. The van der Waals surface area contributed by atoms with Crippen LogP contribution in [0.3, 0.4) is 0 Å². The molecule has 3 aromatic rings. The van der Waals surface area contributed by atoms with E-state index >= 15 is 0 Å². The van der Waals surface area contributed by atoms with Crippen LogP contribution < -0.4 is 15.0 Å². The lowest BCUT2D eigenvalue weighted by Gasteiger charge is -2.20. The third-order valence-electron chi connectivity index (χ3n) is 4.99. The van der Waals surface area contributed by atoms with Gasteiger partial charge in [0.25, 0.3) is 11.6 Å². The summed E-state index contributed by atoms with van der Waals surface area (Å²) in [6, 6.07) is 11.9. The zero-order valence-electron chi connectivity index (χ0n) is 16.3. The van der Waals surface area contributed by atoms with Gasteiger partial charge in [0.1, 0.15) is 5.75 Å². The average Bonchev–Trinajstić information content (AvgIpc) is 3.46. The second kappa shape index (κ2) is 8.50. The van der Waals surface area contributed by atoms with Gasteiger partial charge in [-0.05, 0) is 43.2 Å². The van der Waals surface area contributed by atoms with Gasteiger partial charge in [0.2, 0.25) is 0 Å². The van der Waals surface area contributed by atoms with Crippen LogP contribution in [0.15, 0.2) is 47.8 Å². The number of nitrogens with zero attached hydrogens (tertiary/aromatic N) is 3. The lowest BCUT2D eigenvalue weighted by molar-refractivity contribution is -0.384. The van der Waals surface area contributed by atoms with Crippen LogP contribution in [0, 0.1) is 10.1 Å². The van der Waals surface area contributed by atoms with Crippen molar-refractivity contribution in [3.8, 4) is 17.0 Å². The summed E-state index contributed by atoms with van der Waals surface area (Å²) in [7, 11) is 1.61. The quantitative estimate of drug-likeness (QED) is 0.459. The Balaban J connectivity index is 1.58. The highest BCUT2D eigenvalue weighted by molar-refractivity contribution is 7.14. The minimum Gasteiger partial charge on any atom is -0.497 e. The molecule has 2 aromatic carbocycles. The van der Waals surface area contributed by atoms with E-state index in [1.54, 1.807) is 13.2 Å². The molecule has 0 aliphatic carbocycles. The van der Waals surface area contributed by atoms with Crippen LogP contribution in [0.5, 0.6) is 5.75 Å². The number of ether oxygens (including phenoxy) is 1. The number of thiazole rings is 1. The van der Waals surface area contributed by atoms with E-state index in [-0.39, 0.29) is 11.3 Å². The summed E-state index contributed by atoms with van der Waals surface area (Å²) in [4.78, 5) is 30.3. The lowest BCUT2D eigenvalue weighted by Crippen LogP contribution is -2.23. The molecule has 30 heavy (non-hydrogen) atoms. The van der Waals surface area contributed by atoms with Crippen LogP contribution in [0.25, 0.3) is 11.3 Å². The van der Waals surface area contributed by atoms with E-state index in [0.717, 1.165) is 42.9 Å². The zero-order valence-corrected chi connectivity index (χ0v) is 17.1. The number of carbonyl (C=O) groups excluding carboxylic acids is 1. The van der Waals surface area contributed by atoms with Gasteiger partial charge in [0.15, 0.2) is 5.13 Å². The molecule has 0 unspecified atom stereocenters. The fraction of sp³-hybridized carbons (Fsp3) is 0.238. The number of hydrogen-bond acceptors (Lipinski definition) is 7. The van der Waals surface area contributed by atoms with Gasteiger partial charge in [-0.1, -0.05) is 0 Å². The predicted octanol–water partition coefficient (Wildman–Crippen LogP) is 4.58. The third kappa shape index (κ3) is 4.11. The van der Waals surface area contributed by atoms with Gasteiger partial charge in [0, 0.05) is 36.2 Å². The minimum absolute atomic E-state index is 0.110. The molecule has 8 nitrogen and oxygen atoms in total. The molecule has 4 rings (SSSR count). The largest absolute Gasteiger partial charge is 0.497 e. The Hall–Kier alpha value is -3.46. The number of anilines is 2. The van der Waals surface area contributed by atoms with Gasteiger partial charge in [-0.25, -0.2) is 4.98 Å². The maximum atomic E-state index is 13.0. The number of methoxy groups -OCH3 is 1. The zero-order chi connectivity index (χ0) is 21.1. The fourth-order valence-electron chi connectivity index (χ4n) is 3.44. The number of non-ortho nitro benzene ring substituents is 1. The predicted molar refractivity (Wildman–Crippen MR) is 117 cm³/mol. The Morgan fingerprint density at radius 3 is 2.60 bits per heavy atom. The summed E-state index contributed by atoms with van der Waals surface area (Å²) in [6.45, 7) is 1.66. The van der Waals surface area contributed by atoms with Crippen molar-refractivity contribution in [2.24, 2.45) is 0 Å². The van der Waals surface area contributed by atoms with E-state index in [1.807, 2.05) is 29.6 Å². The SMILES string of the molecule is COc1ccc(-c2csc(NC(=O)c3cc([N+](=O)[O-])ccc3N3CCCC3)n2)cc1. The normalized spacial score (nSPS) is 13.3. The van der Waals surface area contributed by atoms with Crippen molar-refractivity contribution in [3.63, 3.8) is 0 Å². The number of carbonyl (C=O) groups is 1. The minimum atomic E-state index is -0.490. The fourth-order valence-corrected chi connectivity index (χ4v) is 4.16. The standard InChI is InChI=1S/C21H20N4O4S/c1-29-16-7-4-14(5-8-16)18-13-30-21(22-18)23-20(26)17-12-15(25(27)28)6-9-19(17)24-10-2-3-11-24/h4-9,12-13H,2-3,10-11H2,1H3,(H,22,23,26). The number of nitro benzene ring substituents is 1. The summed E-state index contributed by atoms with van der Waals surface area (Å²) in [5, 5.41) is 16.3. The van der Waals surface area contributed by atoms with Crippen LogP contribution >= 0.6 is 11.3 Å². The molecule has 1 aliphatic rings. The molecule has 0 spiro atoms. The van der Waals surface area contributed by atoms with Crippen molar-refractivity contribution < 1.29 is 14.5 Å². The van der Waals surface area contributed by atoms with Gasteiger partial charge < -0.3 is 9.64 Å². The average molecular weight is 424 g/mol. The molecule has 1 amide bonds. The Bertz CT molecular complexity index is 1070. The van der Waals surface area contributed by atoms with Crippen molar-refractivity contribution in [1.29, 1.82) is 0 Å².